The molecule has 3 rings (SSSR count). The molecular weight excluding hydrogens is 344 g/mol. The number of hydrogen-bond donors (Lipinski definition) is 2. The van der Waals surface area contributed by atoms with Crippen molar-refractivity contribution >= 4 is 17.3 Å². The van der Waals surface area contributed by atoms with Gasteiger partial charge < -0.3 is 24.8 Å². The molecule has 0 spiro atoms. The number of amides is 1. The SMILES string of the molecule is COc1ccc(OCCNc2ccc(NC(=O)C3CCOCC3)cc2)cc1. The smallest absolute Gasteiger partial charge is 0.227 e. The van der Waals surface area contributed by atoms with E-state index in [9.17, 15) is 4.79 Å². The second kappa shape index (κ2) is 9.83. The molecule has 0 unspecified atom stereocenters. The van der Waals surface area contributed by atoms with Crippen molar-refractivity contribution in [2.24, 2.45) is 5.92 Å². The Hall–Kier alpha value is -2.73. The maximum Gasteiger partial charge on any atom is 0.227 e. The molecule has 1 amide bonds. The average molecular weight is 370 g/mol. The minimum absolute atomic E-state index is 0.0478. The first-order valence-electron chi connectivity index (χ1n) is 9.24. The van der Waals surface area contributed by atoms with E-state index in [1.165, 1.54) is 0 Å². The number of carbonyl (C=O) groups is 1. The van der Waals surface area contributed by atoms with Crippen LogP contribution in [-0.4, -0.2) is 39.4 Å². The number of carbonyl (C=O) groups excluding carboxylic acids is 1. The van der Waals surface area contributed by atoms with E-state index in [2.05, 4.69) is 10.6 Å². The Labute approximate surface area is 159 Å². The van der Waals surface area contributed by atoms with E-state index < -0.39 is 0 Å². The standard InChI is InChI=1S/C21H26N2O4/c1-25-19-6-8-20(9-7-19)27-15-12-22-17-2-4-18(5-3-17)23-21(24)16-10-13-26-14-11-16/h2-9,16,22H,10-15H2,1H3,(H,23,24). The number of methoxy groups -OCH3 is 1. The zero-order valence-electron chi connectivity index (χ0n) is 15.6. The molecule has 1 fully saturated rings. The summed E-state index contributed by atoms with van der Waals surface area (Å²) in [5, 5.41) is 6.28. The van der Waals surface area contributed by atoms with Gasteiger partial charge in [-0.2, -0.15) is 0 Å². The van der Waals surface area contributed by atoms with Gasteiger partial charge in [0.05, 0.1) is 7.11 Å². The highest BCUT2D eigenvalue weighted by Gasteiger charge is 2.21. The second-order valence-electron chi connectivity index (χ2n) is 6.40. The molecule has 0 atom stereocenters. The molecule has 0 bridgehead atoms. The largest absolute Gasteiger partial charge is 0.497 e. The first-order chi connectivity index (χ1) is 13.2. The van der Waals surface area contributed by atoms with E-state index >= 15 is 0 Å². The zero-order chi connectivity index (χ0) is 18.9. The van der Waals surface area contributed by atoms with Gasteiger partial charge in [-0.05, 0) is 61.4 Å². The number of anilines is 2. The molecule has 6 heteroatoms. The van der Waals surface area contributed by atoms with Crippen molar-refractivity contribution in [3.63, 3.8) is 0 Å². The van der Waals surface area contributed by atoms with Crippen molar-refractivity contribution in [2.45, 2.75) is 12.8 Å². The third kappa shape index (κ3) is 5.89. The topological polar surface area (TPSA) is 68.8 Å². The highest BCUT2D eigenvalue weighted by atomic mass is 16.5. The summed E-state index contributed by atoms with van der Waals surface area (Å²) in [6.07, 6.45) is 1.58. The minimum atomic E-state index is 0.0478. The summed E-state index contributed by atoms with van der Waals surface area (Å²) in [5.74, 6) is 1.74. The lowest BCUT2D eigenvalue weighted by Gasteiger charge is -2.21. The molecule has 1 saturated heterocycles. The Kier molecular flexibility index (Phi) is 6.93. The first kappa shape index (κ1) is 19.0. The second-order valence-corrected chi connectivity index (χ2v) is 6.40. The van der Waals surface area contributed by atoms with Gasteiger partial charge in [-0.1, -0.05) is 0 Å². The summed E-state index contributed by atoms with van der Waals surface area (Å²) >= 11 is 0. The molecule has 2 N–H and O–H groups in total. The fourth-order valence-electron chi connectivity index (χ4n) is 2.91. The highest BCUT2D eigenvalue weighted by molar-refractivity contribution is 5.92. The van der Waals surface area contributed by atoms with Crippen LogP contribution in [-0.2, 0) is 9.53 Å². The quantitative estimate of drug-likeness (QED) is 0.696. The molecule has 27 heavy (non-hydrogen) atoms. The number of rotatable bonds is 8. The van der Waals surface area contributed by atoms with Gasteiger partial charge >= 0.3 is 0 Å². The van der Waals surface area contributed by atoms with Crippen LogP contribution >= 0.6 is 0 Å². The molecule has 0 saturated carbocycles. The van der Waals surface area contributed by atoms with Crippen molar-refractivity contribution in [1.29, 1.82) is 0 Å². The predicted octanol–water partition coefficient (Wildman–Crippen LogP) is 3.55. The Morgan fingerprint density at radius 2 is 1.63 bits per heavy atom. The summed E-state index contributed by atoms with van der Waals surface area (Å²) in [6, 6.07) is 15.2. The van der Waals surface area contributed by atoms with Crippen molar-refractivity contribution in [1.82, 2.24) is 0 Å². The molecule has 6 nitrogen and oxygen atoms in total. The van der Waals surface area contributed by atoms with Crippen LogP contribution in [0.3, 0.4) is 0 Å². The Morgan fingerprint density at radius 3 is 2.30 bits per heavy atom. The van der Waals surface area contributed by atoms with Gasteiger partial charge in [0.15, 0.2) is 0 Å². The lowest BCUT2D eigenvalue weighted by Crippen LogP contribution is -2.28. The molecular formula is C21H26N2O4. The molecule has 0 aromatic heterocycles. The van der Waals surface area contributed by atoms with Crippen molar-refractivity contribution in [3.8, 4) is 11.5 Å². The van der Waals surface area contributed by atoms with Crippen LogP contribution in [0, 0.1) is 5.92 Å². The summed E-state index contributed by atoms with van der Waals surface area (Å²) < 4.78 is 16.1. The lowest BCUT2D eigenvalue weighted by molar-refractivity contribution is -0.122. The van der Waals surface area contributed by atoms with E-state index in [-0.39, 0.29) is 11.8 Å². The molecule has 0 aliphatic carbocycles. The Morgan fingerprint density at radius 1 is 1.00 bits per heavy atom. The van der Waals surface area contributed by atoms with Gasteiger partial charge in [0.1, 0.15) is 18.1 Å². The minimum Gasteiger partial charge on any atom is -0.497 e. The van der Waals surface area contributed by atoms with Gasteiger partial charge in [-0.25, -0.2) is 0 Å². The van der Waals surface area contributed by atoms with E-state index in [1.807, 2.05) is 48.5 Å². The van der Waals surface area contributed by atoms with Crippen molar-refractivity contribution in [3.05, 3.63) is 48.5 Å². The molecule has 1 aliphatic heterocycles. The Bertz CT molecular complexity index is 710. The van der Waals surface area contributed by atoms with Crippen molar-refractivity contribution in [2.75, 3.05) is 44.1 Å². The predicted molar refractivity (Wildman–Crippen MR) is 106 cm³/mol. The third-order valence-corrected chi connectivity index (χ3v) is 4.50. The summed E-state index contributed by atoms with van der Waals surface area (Å²) in [6.45, 7) is 2.56. The molecule has 2 aromatic rings. The van der Waals surface area contributed by atoms with Crippen LogP contribution in [0.15, 0.2) is 48.5 Å². The van der Waals surface area contributed by atoms with E-state index in [1.54, 1.807) is 7.11 Å². The van der Waals surface area contributed by atoms with E-state index in [4.69, 9.17) is 14.2 Å². The van der Waals surface area contributed by atoms with Gasteiger partial charge in [0, 0.05) is 37.1 Å². The molecule has 144 valence electrons. The molecule has 1 heterocycles. The van der Waals surface area contributed by atoms with Gasteiger partial charge in [-0.15, -0.1) is 0 Å². The van der Waals surface area contributed by atoms with Crippen LogP contribution < -0.4 is 20.1 Å². The highest BCUT2D eigenvalue weighted by Crippen LogP contribution is 2.19. The van der Waals surface area contributed by atoms with Crippen LogP contribution in [0.1, 0.15) is 12.8 Å². The van der Waals surface area contributed by atoms with Gasteiger partial charge in [0.2, 0.25) is 5.91 Å². The summed E-state index contributed by atoms with van der Waals surface area (Å²) in [5.41, 5.74) is 1.80. The summed E-state index contributed by atoms with van der Waals surface area (Å²) in [4.78, 5) is 12.2. The number of ether oxygens (including phenoxy) is 3. The number of nitrogens with one attached hydrogen (secondary N) is 2. The van der Waals surface area contributed by atoms with Crippen molar-refractivity contribution < 1.29 is 19.0 Å². The molecule has 0 radical (unpaired) electrons. The maximum absolute atomic E-state index is 12.2. The number of hydrogen-bond acceptors (Lipinski definition) is 5. The average Bonchev–Trinajstić information content (AvgIpc) is 2.73. The lowest BCUT2D eigenvalue weighted by atomic mass is 9.99. The fraction of sp³-hybridized carbons (Fsp3) is 0.381. The third-order valence-electron chi connectivity index (χ3n) is 4.50. The van der Waals surface area contributed by atoms with Gasteiger partial charge in [0.25, 0.3) is 0 Å². The maximum atomic E-state index is 12.2. The zero-order valence-corrected chi connectivity index (χ0v) is 15.6. The molecule has 1 aliphatic rings. The van der Waals surface area contributed by atoms with Crippen LogP contribution in [0.4, 0.5) is 11.4 Å². The normalized spacial score (nSPS) is 14.4. The fourth-order valence-corrected chi connectivity index (χ4v) is 2.91. The monoisotopic (exact) mass is 370 g/mol. The van der Waals surface area contributed by atoms with Crippen LogP contribution in [0.25, 0.3) is 0 Å². The Balaban J connectivity index is 1.38. The first-order valence-corrected chi connectivity index (χ1v) is 9.24. The summed E-state index contributed by atoms with van der Waals surface area (Å²) in [7, 11) is 1.64. The van der Waals surface area contributed by atoms with Crippen LogP contribution in [0.5, 0.6) is 11.5 Å². The van der Waals surface area contributed by atoms with Crippen LogP contribution in [0.2, 0.25) is 0 Å². The van der Waals surface area contributed by atoms with E-state index in [0.29, 0.717) is 26.4 Å². The van der Waals surface area contributed by atoms with E-state index in [0.717, 1.165) is 35.7 Å². The van der Waals surface area contributed by atoms with Gasteiger partial charge in [-0.3, -0.25) is 4.79 Å². The number of benzene rings is 2. The molecule has 2 aromatic carbocycles.